The number of non-ortho nitro benzene ring substituents is 1. The predicted octanol–water partition coefficient (Wildman–Crippen LogP) is 5.86. The monoisotopic (exact) mass is 301 g/mol. The highest BCUT2D eigenvalue weighted by Gasteiger charge is 2.05. The fourth-order valence-corrected chi connectivity index (χ4v) is 2.42. The van der Waals surface area contributed by atoms with Crippen LogP contribution in [0, 0.1) is 16.0 Å². The first-order valence-corrected chi connectivity index (χ1v) is 7.92. The van der Waals surface area contributed by atoms with Gasteiger partial charge in [-0.25, -0.2) is 0 Å². The largest absolute Gasteiger partial charge is 0.269 e. The zero-order chi connectivity index (χ0) is 16.5. The molecule has 1 aromatic carbocycles. The molecule has 0 saturated carbocycles. The maximum atomic E-state index is 10.6. The van der Waals surface area contributed by atoms with Crippen molar-refractivity contribution in [3.63, 3.8) is 0 Å². The van der Waals surface area contributed by atoms with E-state index >= 15 is 0 Å². The summed E-state index contributed by atoms with van der Waals surface area (Å²) in [6, 6.07) is 6.88. The van der Waals surface area contributed by atoms with Gasteiger partial charge >= 0.3 is 0 Å². The minimum absolute atomic E-state index is 0.159. The van der Waals surface area contributed by atoms with Crippen molar-refractivity contribution in [2.45, 2.75) is 53.4 Å². The zero-order valence-electron chi connectivity index (χ0n) is 14.1. The van der Waals surface area contributed by atoms with Crippen molar-refractivity contribution < 1.29 is 4.92 Å². The van der Waals surface area contributed by atoms with Crippen LogP contribution in [0.4, 0.5) is 5.69 Å². The average Bonchev–Trinajstić information content (AvgIpc) is 2.45. The molecule has 1 atom stereocenters. The van der Waals surface area contributed by atoms with Crippen LogP contribution in [0.1, 0.15) is 52.5 Å². The molecule has 0 N–H and O–H groups in total. The van der Waals surface area contributed by atoms with E-state index in [0.717, 1.165) is 31.2 Å². The van der Waals surface area contributed by atoms with E-state index in [9.17, 15) is 10.1 Å². The Balaban J connectivity index is 2.43. The number of nitro benzene ring substituents is 1. The molecule has 3 heteroatoms. The van der Waals surface area contributed by atoms with Gasteiger partial charge < -0.3 is 0 Å². The van der Waals surface area contributed by atoms with Gasteiger partial charge in [0, 0.05) is 12.1 Å². The van der Waals surface area contributed by atoms with Crippen LogP contribution in [0.25, 0.3) is 0 Å². The molecule has 22 heavy (non-hydrogen) atoms. The Morgan fingerprint density at radius 1 is 1.23 bits per heavy atom. The molecule has 0 amide bonds. The van der Waals surface area contributed by atoms with E-state index in [1.54, 1.807) is 12.1 Å². The van der Waals surface area contributed by atoms with Crippen molar-refractivity contribution in [1.82, 2.24) is 0 Å². The van der Waals surface area contributed by atoms with Crippen LogP contribution < -0.4 is 0 Å². The lowest BCUT2D eigenvalue weighted by molar-refractivity contribution is -0.384. The third-order valence-corrected chi connectivity index (χ3v) is 3.70. The molecule has 1 aromatic rings. The van der Waals surface area contributed by atoms with E-state index in [4.69, 9.17) is 0 Å². The molecule has 0 radical (unpaired) electrons. The minimum Gasteiger partial charge on any atom is -0.258 e. The van der Waals surface area contributed by atoms with Crippen molar-refractivity contribution in [3.8, 4) is 0 Å². The first kappa shape index (κ1) is 18.1. The predicted molar refractivity (Wildman–Crippen MR) is 93.0 cm³/mol. The summed E-state index contributed by atoms with van der Waals surface area (Å²) in [5.41, 5.74) is 4.13. The topological polar surface area (TPSA) is 43.1 Å². The van der Waals surface area contributed by atoms with E-state index in [0.29, 0.717) is 5.92 Å². The summed E-state index contributed by atoms with van der Waals surface area (Å²) in [6.07, 6.45) is 8.88. The van der Waals surface area contributed by atoms with Crippen LogP contribution in [-0.2, 0) is 6.42 Å². The first-order valence-electron chi connectivity index (χ1n) is 7.92. The molecule has 0 bridgehead atoms. The van der Waals surface area contributed by atoms with Crippen LogP contribution in [0.15, 0.2) is 47.6 Å². The lowest BCUT2D eigenvalue weighted by atomic mass is 9.97. The molecule has 0 aliphatic carbocycles. The Labute approximate surface area is 133 Å². The van der Waals surface area contributed by atoms with Crippen molar-refractivity contribution in [2.75, 3.05) is 0 Å². The molecule has 0 spiro atoms. The molecule has 120 valence electrons. The Morgan fingerprint density at radius 3 is 2.41 bits per heavy atom. The van der Waals surface area contributed by atoms with Crippen molar-refractivity contribution >= 4 is 5.69 Å². The third kappa shape index (κ3) is 7.21. The van der Waals surface area contributed by atoms with Crippen molar-refractivity contribution in [1.29, 1.82) is 0 Å². The fraction of sp³-hybridized carbons (Fsp3) is 0.474. The highest BCUT2D eigenvalue weighted by Crippen LogP contribution is 2.17. The maximum Gasteiger partial charge on any atom is 0.269 e. The quantitative estimate of drug-likeness (QED) is 0.343. The van der Waals surface area contributed by atoms with Gasteiger partial charge in [0.2, 0.25) is 0 Å². The summed E-state index contributed by atoms with van der Waals surface area (Å²) in [5.74, 6) is 0.530. The molecule has 0 saturated heterocycles. The number of nitro groups is 1. The van der Waals surface area contributed by atoms with Crippen molar-refractivity contribution in [2.24, 2.45) is 5.92 Å². The molecule has 0 fully saturated rings. The summed E-state index contributed by atoms with van der Waals surface area (Å²) in [7, 11) is 0. The number of benzene rings is 1. The lowest BCUT2D eigenvalue weighted by Crippen LogP contribution is -1.96. The summed E-state index contributed by atoms with van der Waals surface area (Å²) in [6.45, 7) is 8.69. The highest BCUT2D eigenvalue weighted by atomic mass is 16.6. The van der Waals surface area contributed by atoms with Gasteiger partial charge in [-0.05, 0) is 57.9 Å². The molecule has 0 aliphatic heterocycles. The average molecular weight is 301 g/mol. The number of nitrogens with zero attached hydrogens (tertiary/aromatic N) is 1. The summed E-state index contributed by atoms with van der Waals surface area (Å²) in [5, 5.41) is 10.6. The highest BCUT2D eigenvalue weighted by molar-refractivity contribution is 5.32. The normalized spacial score (nSPS) is 12.8. The Kier molecular flexibility index (Phi) is 7.58. The summed E-state index contributed by atoms with van der Waals surface area (Å²) < 4.78 is 0. The number of hydrogen-bond donors (Lipinski definition) is 0. The van der Waals surface area contributed by atoms with Gasteiger partial charge in [-0.2, -0.15) is 0 Å². The van der Waals surface area contributed by atoms with Gasteiger partial charge in [-0.3, -0.25) is 10.1 Å². The fourth-order valence-electron chi connectivity index (χ4n) is 2.42. The van der Waals surface area contributed by atoms with Crippen LogP contribution in [-0.4, -0.2) is 4.92 Å². The minimum atomic E-state index is -0.356. The molecule has 1 rings (SSSR count). The lowest BCUT2D eigenvalue weighted by Gasteiger charge is -2.08. The van der Waals surface area contributed by atoms with E-state index in [-0.39, 0.29) is 10.6 Å². The first-order chi connectivity index (χ1) is 10.4. The molecule has 1 unspecified atom stereocenters. The van der Waals surface area contributed by atoms with Crippen molar-refractivity contribution in [3.05, 3.63) is 63.2 Å². The van der Waals surface area contributed by atoms with E-state index in [1.807, 2.05) is 12.1 Å². The van der Waals surface area contributed by atoms with Gasteiger partial charge in [-0.1, -0.05) is 42.4 Å². The second-order valence-corrected chi connectivity index (χ2v) is 6.27. The number of aryl methyl sites for hydroxylation is 1. The molecule has 0 heterocycles. The summed E-state index contributed by atoms with van der Waals surface area (Å²) in [4.78, 5) is 10.3. The molecular weight excluding hydrogens is 274 g/mol. The molecule has 0 aliphatic rings. The van der Waals surface area contributed by atoms with Gasteiger partial charge in [0.15, 0.2) is 0 Å². The number of hydrogen-bond acceptors (Lipinski definition) is 2. The zero-order valence-corrected chi connectivity index (χ0v) is 14.1. The van der Waals surface area contributed by atoms with Gasteiger partial charge in [0.05, 0.1) is 4.92 Å². The van der Waals surface area contributed by atoms with Crippen LogP contribution in [0.3, 0.4) is 0 Å². The van der Waals surface area contributed by atoms with Crippen LogP contribution in [0.5, 0.6) is 0 Å². The standard InChI is InChI=1S/C19H27NO2/c1-15(2)6-5-7-16(3)14-17(4)8-9-18-10-12-19(13-11-18)20(21)22/h6,10-14,17H,5,7-9H2,1-4H3/b16-14+. The smallest absolute Gasteiger partial charge is 0.258 e. The number of allylic oxidation sites excluding steroid dienone is 4. The van der Waals surface area contributed by atoms with Gasteiger partial charge in [0.1, 0.15) is 0 Å². The van der Waals surface area contributed by atoms with Gasteiger partial charge in [-0.15, -0.1) is 0 Å². The van der Waals surface area contributed by atoms with Crippen LogP contribution in [0.2, 0.25) is 0 Å². The molecule has 0 aromatic heterocycles. The maximum absolute atomic E-state index is 10.6. The molecule has 3 nitrogen and oxygen atoms in total. The second kappa shape index (κ2) is 9.19. The van der Waals surface area contributed by atoms with Crippen LogP contribution >= 0.6 is 0 Å². The second-order valence-electron chi connectivity index (χ2n) is 6.27. The van der Waals surface area contributed by atoms with E-state index in [1.165, 1.54) is 11.1 Å². The van der Waals surface area contributed by atoms with E-state index < -0.39 is 0 Å². The van der Waals surface area contributed by atoms with Gasteiger partial charge in [0.25, 0.3) is 5.69 Å². The Bertz CT molecular complexity index is 537. The Hall–Kier alpha value is -1.90. The number of rotatable bonds is 8. The summed E-state index contributed by atoms with van der Waals surface area (Å²) >= 11 is 0. The molecular formula is C19H27NO2. The third-order valence-electron chi connectivity index (χ3n) is 3.70. The SMILES string of the molecule is CC(C)=CCC/C(C)=C/C(C)CCc1ccc([N+](=O)[O-])cc1. The van der Waals surface area contributed by atoms with E-state index in [2.05, 4.69) is 39.8 Å². The Morgan fingerprint density at radius 2 is 1.86 bits per heavy atom.